The van der Waals surface area contributed by atoms with E-state index < -0.39 is 5.82 Å². The lowest BCUT2D eigenvalue weighted by Crippen LogP contribution is -2.24. The van der Waals surface area contributed by atoms with Crippen molar-refractivity contribution in [3.8, 4) is 5.75 Å². The molecule has 1 aromatic rings. The number of thiocarbonyl (C=S) groups is 1. The number of ether oxygens (including phenoxy) is 1. The molecule has 1 aromatic carbocycles. The SMILES string of the molecule is CNC(=O)COc1ccc(C(N)=S)c(F)c1. The van der Waals surface area contributed by atoms with Gasteiger partial charge in [0.1, 0.15) is 16.6 Å². The van der Waals surface area contributed by atoms with Gasteiger partial charge in [0, 0.05) is 18.7 Å². The third-order valence-corrected chi connectivity index (χ3v) is 2.07. The zero-order valence-corrected chi connectivity index (χ0v) is 9.44. The largest absolute Gasteiger partial charge is 0.484 e. The minimum absolute atomic E-state index is 0.0182. The molecule has 86 valence electrons. The van der Waals surface area contributed by atoms with Crippen LogP contribution in [-0.4, -0.2) is 24.6 Å². The van der Waals surface area contributed by atoms with Crippen LogP contribution in [0, 0.1) is 5.82 Å². The van der Waals surface area contributed by atoms with Crippen LogP contribution in [0.3, 0.4) is 0 Å². The van der Waals surface area contributed by atoms with Gasteiger partial charge in [-0.15, -0.1) is 0 Å². The lowest BCUT2D eigenvalue weighted by Gasteiger charge is -2.06. The van der Waals surface area contributed by atoms with Crippen LogP contribution in [0.15, 0.2) is 18.2 Å². The van der Waals surface area contributed by atoms with E-state index in [1.54, 1.807) is 0 Å². The molecule has 0 aliphatic carbocycles. The average Bonchev–Trinajstić information content (AvgIpc) is 2.25. The van der Waals surface area contributed by atoms with Crippen molar-refractivity contribution in [3.05, 3.63) is 29.6 Å². The summed E-state index contributed by atoms with van der Waals surface area (Å²) in [4.78, 5) is 10.9. The summed E-state index contributed by atoms with van der Waals surface area (Å²) in [5.41, 5.74) is 5.45. The molecule has 0 aromatic heterocycles. The van der Waals surface area contributed by atoms with Gasteiger partial charge in [-0.25, -0.2) is 4.39 Å². The van der Waals surface area contributed by atoms with Crippen LogP contribution in [0.5, 0.6) is 5.75 Å². The minimum Gasteiger partial charge on any atom is -0.484 e. The summed E-state index contributed by atoms with van der Waals surface area (Å²) < 4.78 is 18.4. The summed E-state index contributed by atoms with van der Waals surface area (Å²) in [5.74, 6) is -0.609. The third-order valence-electron chi connectivity index (χ3n) is 1.85. The summed E-state index contributed by atoms with van der Waals surface area (Å²) in [5, 5.41) is 2.38. The first-order chi connectivity index (χ1) is 7.54. The van der Waals surface area contributed by atoms with Gasteiger partial charge < -0.3 is 15.8 Å². The fourth-order valence-corrected chi connectivity index (χ4v) is 1.17. The van der Waals surface area contributed by atoms with Crippen LogP contribution in [-0.2, 0) is 4.79 Å². The summed E-state index contributed by atoms with van der Waals surface area (Å²) in [6.07, 6.45) is 0. The van der Waals surface area contributed by atoms with Crippen molar-refractivity contribution >= 4 is 23.1 Å². The Bertz CT molecular complexity index is 423. The number of amides is 1. The molecule has 0 spiro atoms. The highest BCUT2D eigenvalue weighted by atomic mass is 32.1. The summed E-state index contributed by atoms with van der Waals surface area (Å²) >= 11 is 4.65. The highest BCUT2D eigenvalue weighted by molar-refractivity contribution is 7.80. The van der Waals surface area contributed by atoms with Crippen LogP contribution < -0.4 is 15.8 Å². The van der Waals surface area contributed by atoms with E-state index in [1.807, 2.05) is 0 Å². The number of hydrogen-bond acceptors (Lipinski definition) is 3. The second-order valence-corrected chi connectivity index (χ2v) is 3.41. The predicted molar refractivity (Wildman–Crippen MR) is 61.8 cm³/mol. The number of nitrogens with two attached hydrogens (primary N) is 1. The van der Waals surface area contributed by atoms with Gasteiger partial charge in [0.25, 0.3) is 5.91 Å². The fraction of sp³-hybridized carbons (Fsp3) is 0.200. The first kappa shape index (κ1) is 12.4. The highest BCUT2D eigenvalue weighted by Crippen LogP contribution is 2.16. The van der Waals surface area contributed by atoms with Crippen molar-refractivity contribution in [3.63, 3.8) is 0 Å². The van der Waals surface area contributed by atoms with E-state index in [9.17, 15) is 9.18 Å². The molecule has 0 aliphatic rings. The number of likely N-dealkylation sites (N-methyl/N-ethyl adjacent to an activating group) is 1. The number of rotatable bonds is 4. The molecule has 1 rings (SSSR count). The molecule has 4 nitrogen and oxygen atoms in total. The lowest BCUT2D eigenvalue weighted by atomic mass is 10.2. The Labute approximate surface area is 97.6 Å². The van der Waals surface area contributed by atoms with Gasteiger partial charge >= 0.3 is 0 Å². The van der Waals surface area contributed by atoms with E-state index in [1.165, 1.54) is 19.2 Å². The molecule has 0 fully saturated rings. The minimum atomic E-state index is -0.568. The maximum Gasteiger partial charge on any atom is 0.257 e. The van der Waals surface area contributed by atoms with Crippen molar-refractivity contribution < 1.29 is 13.9 Å². The number of carbonyl (C=O) groups is 1. The summed E-state index contributed by atoms with van der Waals surface area (Å²) in [6, 6.07) is 4.05. The van der Waals surface area contributed by atoms with Gasteiger partial charge in [-0.3, -0.25) is 4.79 Å². The first-order valence-electron chi connectivity index (χ1n) is 4.47. The van der Waals surface area contributed by atoms with Crippen molar-refractivity contribution in [1.82, 2.24) is 5.32 Å². The van der Waals surface area contributed by atoms with E-state index >= 15 is 0 Å². The molecule has 6 heteroatoms. The quantitative estimate of drug-likeness (QED) is 0.758. The predicted octanol–water partition coefficient (Wildman–Crippen LogP) is 0.585. The Morgan fingerprint density at radius 3 is 2.81 bits per heavy atom. The van der Waals surface area contributed by atoms with Gasteiger partial charge in [0.2, 0.25) is 0 Å². The van der Waals surface area contributed by atoms with Crippen molar-refractivity contribution in [2.45, 2.75) is 0 Å². The first-order valence-corrected chi connectivity index (χ1v) is 4.88. The van der Waals surface area contributed by atoms with E-state index in [2.05, 4.69) is 17.5 Å². The van der Waals surface area contributed by atoms with Gasteiger partial charge in [-0.05, 0) is 12.1 Å². The standard InChI is InChI=1S/C10H11FN2O2S/c1-13-9(14)5-15-6-2-3-7(10(12)16)8(11)4-6/h2-4H,5H2,1H3,(H2,12,16)(H,13,14). The molecule has 1 amide bonds. The molecule has 0 radical (unpaired) electrons. The molecule has 0 heterocycles. The molecule has 3 N–H and O–H groups in total. The van der Waals surface area contributed by atoms with Crippen LogP contribution in [0.25, 0.3) is 0 Å². The van der Waals surface area contributed by atoms with Crippen molar-refractivity contribution in [2.24, 2.45) is 5.73 Å². The van der Waals surface area contributed by atoms with Crippen molar-refractivity contribution in [2.75, 3.05) is 13.7 Å². The molecule has 0 unspecified atom stereocenters. The van der Waals surface area contributed by atoms with Gasteiger partial charge in [-0.2, -0.15) is 0 Å². The average molecular weight is 242 g/mol. The van der Waals surface area contributed by atoms with Crippen LogP contribution in [0.1, 0.15) is 5.56 Å². The Hall–Kier alpha value is -1.69. The molecule has 16 heavy (non-hydrogen) atoms. The molecule has 0 bridgehead atoms. The van der Waals surface area contributed by atoms with Crippen molar-refractivity contribution in [1.29, 1.82) is 0 Å². The Balaban J connectivity index is 2.74. The van der Waals surface area contributed by atoms with Gasteiger partial charge in [0.15, 0.2) is 6.61 Å². The fourth-order valence-electron chi connectivity index (χ4n) is 1.01. The van der Waals surface area contributed by atoms with Crippen LogP contribution in [0.2, 0.25) is 0 Å². The molecule has 0 saturated carbocycles. The Morgan fingerprint density at radius 1 is 1.62 bits per heavy atom. The lowest BCUT2D eigenvalue weighted by molar-refractivity contribution is -0.122. The van der Waals surface area contributed by atoms with Crippen LogP contribution in [0.4, 0.5) is 4.39 Å². The van der Waals surface area contributed by atoms with Gasteiger partial charge in [0.05, 0.1) is 0 Å². The maximum absolute atomic E-state index is 13.4. The summed E-state index contributed by atoms with van der Waals surface area (Å²) in [6.45, 7) is -0.164. The number of carbonyl (C=O) groups excluding carboxylic acids is 1. The Morgan fingerprint density at radius 2 is 2.31 bits per heavy atom. The van der Waals surface area contributed by atoms with E-state index in [4.69, 9.17) is 10.5 Å². The molecule has 0 saturated heterocycles. The zero-order chi connectivity index (χ0) is 12.1. The van der Waals surface area contributed by atoms with Gasteiger partial charge in [-0.1, -0.05) is 12.2 Å². The topological polar surface area (TPSA) is 64.3 Å². The number of hydrogen-bond donors (Lipinski definition) is 2. The summed E-state index contributed by atoms with van der Waals surface area (Å²) in [7, 11) is 1.49. The van der Waals surface area contributed by atoms with Crippen LogP contribution >= 0.6 is 12.2 Å². The maximum atomic E-state index is 13.4. The smallest absolute Gasteiger partial charge is 0.257 e. The van der Waals surface area contributed by atoms with E-state index in [0.717, 1.165) is 6.07 Å². The molecular formula is C10H11FN2O2S. The normalized spacial score (nSPS) is 9.62. The number of nitrogens with one attached hydrogen (secondary N) is 1. The second kappa shape index (κ2) is 5.41. The second-order valence-electron chi connectivity index (χ2n) is 2.97. The number of benzene rings is 1. The molecular weight excluding hydrogens is 231 g/mol. The molecule has 0 atom stereocenters. The third kappa shape index (κ3) is 3.16. The number of halogens is 1. The monoisotopic (exact) mass is 242 g/mol. The molecule has 0 aliphatic heterocycles. The van der Waals surface area contributed by atoms with E-state index in [0.29, 0.717) is 0 Å². The van der Waals surface area contributed by atoms with E-state index in [-0.39, 0.29) is 28.8 Å². The zero-order valence-electron chi connectivity index (χ0n) is 8.62. The Kier molecular flexibility index (Phi) is 4.19. The highest BCUT2D eigenvalue weighted by Gasteiger charge is 2.07.